The first kappa shape index (κ1) is 15.1. The molecule has 1 atom stereocenters. The topological polar surface area (TPSA) is 62.9 Å². The van der Waals surface area contributed by atoms with Crippen molar-refractivity contribution >= 4 is 0 Å². The van der Waals surface area contributed by atoms with Crippen LogP contribution in [0.4, 0.5) is 0 Å². The maximum absolute atomic E-state index is 6.53. The Morgan fingerprint density at radius 3 is 2.10 bits per heavy atom. The molecule has 112 valence electrons. The first-order chi connectivity index (χ1) is 9.68. The van der Waals surface area contributed by atoms with E-state index in [0.29, 0.717) is 13.2 Å². The van der Waals surface area contributed by atoms with Crippen molar-refractivity contribution in [1.29, 1.82) is 0 Å². The fourth-order valence-electron chi connectivity index (χ4n) is 2.81. The summed E-state index contributed by atoms with van der Waals surface area (Å²) in [5.41, 5.74) is 6.93. The maximum atomic E-state index is 6.53. The second-order valence-electron chi connectivity index (χ2n) is 4.94. The van der Waals surface area contributed by atoms with E-state index in [0.717, 1.165) is 29.9 Å². The molecule has 0 bridgehead atoms. The van der Waals surface area contributed by atoms with E-state index in [2.05, 4.69) is 0 Å². The Balaban J connectivity index is 2.43. The third-order valence-electron chi connectivity index (χ3n) is 4.09. The van der Waals surface area contributed by atoms with Gasteiger partial charge in [-0.25, -0.2) is 0 Å². The number of rotatable bonds is 5. The quantitative estimate of drug-likeness (QED) is 0.893. The molecule has 1 aromatic carbocycles. The maximum Gasteiger partial charge on any atom is 0.127 e. The van der Waals surface area contributed by atoms with Crippen molar-refractivity contribution in [2.24, 2.45) is 5.73 Å². The molecule has 0 spiro atoms. The minimum absolute atomic E-state index is 0.331. The van der Waals surface area contributed by atoms with Gasteiger partial charge >= 0.3 is 0 Å². The zero-order chi connectivity index (χ0) is 14.6. The van der Waals surface area contributed by atoms with Crippen LogP contribution in [0.25, 0.3) is 0 Å². The fraction of sp³-hybridized carbons (Fsp3) is 0.600. The summed E-state index contributed by atoms with van der Waals surface area (Å²) in [6.45, 7) is 1.30. The standard InChI is InChI=1S/C15H23NO4/c1-17-11-5-4-6-12(18-2)13(11)14(16)15(19-3)7-9-20-10-8-15/h4-6,14H,7-10,16H2,1-3H3. The van der Waals surface area contributed by atoms with Crippen LogP contribution in [0.1, 0.15) is 24.4 Å². The van der Waals surface area contributed by atoms with Gasteiger partial charge < -0.3 is 24.7 Å². The molecule has 0 aromatic heterocycles. The minimum Gasteiger partial charge on any atom is -0.496 e. The summed E-state index contributed by atoms with van der Waals surface area (Å²) in [4.78, 5) is 0. The van der Waals surface area contributed by atoms with Gasteiger partial charge in [0, 0.05) is 33.2 Å². The molecule has 5 heteroatoms. The molecule has 1 fully saturated rings. The average Bonchev–Trinajstić information content (AvgIpc) is 2.53. The van der Waals surface area contributed by atoms with Crippen LogP contribution in [-0.4, -0.2) is 40.1 Å². The molecular weight excluding hydrogens is 258 g/mol. The minimum atomic E-state index is -0.444. The van der Waals surface area contributed by atoms with E-state index in [4.69, 9.17) is 24.7 Å². The van der Waals surface area contributed by atoms with E-state index in [9.17, 15) is 0 Å². The van der Waals surface area contributed by atoms with Crippen molar-refractivity contribution in [2.75, 3.05) is 34.5 Å². The van der Waals surface area contributed by atoms with Gasteiger partial charge in [0.25, 0.3) is 0 Å². The molecular formula is C15H23NO4. The molecule has 20 heavy (non-hydrogen) atoms. The lowest BCUT2D eigenvalue weighted by Crippen LogP contribution is -2.47. The summed E-state index contributed by atoms with van der Waals surface area (Å²) in [5.74, 6) is 1.44. The van der Waals surface area contributed by atoms with Crippen LogP contribution in [0.3, 0.4) is 0 Å². The van der Waals surface area contributed by atoms with Gasteiger partial charge in [0.2, 0.25) is 0 Å². The Morgan fingerprint density at radius 2 is 1.65 bits per heavy atom. The fourth-order valence-corrected chi connectivity index (χ4v) is 2.81. The molecule has 0 radical (unpaired) electrons. The van der Waals surface area contributed by atoms with Crippen molar-refractivity contribution in [3.63, 3.8) is 0 Å². The number of nitrogens with two attached hydrogens (primary N) is 1. The lowest BCUT2D eigenvalue weighted by Gasteiger charge is -2.41. The van der Waals surface area contributed by atoms with Gasteiger partial charge in [-0.05, 0) is 12.1 Å². The van der Waals surface area contributed by atoms with Crippen LogP contribution < -0.4 is 15.2 Å². The lowest BCUT2D eigenvalue weighted by atomic mass is 9.82. The highest BCUT2D eigenvalue weighted by Gasteiger charge is 2.41. The van der Waals surface area contributed by atoms with E-state index in [-0.39, 0.29) is 6.04 Å². The summed E-state index contributed by atoms with van der Waals surface area (Å²) < 4.78 is 22.1. The highest BCUT2D eigenvalue weighted by molar-refractivity contribution is 5.48. The van der Waals surface area contributed by atoms with E-state index >= 15 is 0 Å². The highest BCUT2D eigenvalue weighted by atomic mass is 16.5. The second-order valence-corrected chi connectivity index (χ2v) is 4.94. The molecule has 2 rings (SSSR count). The van der Waals surface area contributed by atoms with E-state index in [1.54, 1.807) is 21.3 Å². The predicted octanol–water partition coefficient (Wildman–Crippen LogP) is 1.90. The third kappa shape index (κ3) is 2.61. The van der Waals surface area contributed by atoms with Crippen LogP contribution >= 0.6 is 0 Å². The largest absolute Gasteiger partial charge is 0.496 e. The third-order valence-corrected chi connectivity index (χ3v) is 4.09. The first-order valence-electron chi connectivity index (χ1n) is 6.78. The summed E-state index contributed by atoms with van der Waals surface area (Å²) in [6.07, 6.45) is 1.51. The van der Waals surface area contributed by atoms with Crippen LogP contribution in [0.5, 0.6) is 11.5 Å². The van der Waals surface area contributed by atoms with Gasteiger partial charge in [-0.1, -0.05) is 6.07 Å². The smallest absolute Gasteiger partial charge is 0.127 e. The molecule has 2 N–H and O–H groups in total. The number of methoxy groups -OCH3 is 3. The normalized spacial score (nSPS) is 19.4. The van der Waals surface area contributed by atoms with E-state index < -0.39 is 5.60 Å². The van der Waals surface area contributed by atoms with Crippen LogP contribution in [-0.2, 0) is 9.47 Å². The molecule has 1 unspecified atom stereocenters. The van der Waals surface area contributed by atoms with Crippen LogP contribution in [0, 0.1) is 0 Å². The van der Waals surface area contributed by atoms with Crippen LogP contribution in [0.2, 0.25) is 0 Å². The van der Waals surface area contributed by atoms with E-state index in [1.165, 1.54) is 0 Å². The van der Waals surface area contributed by atoms with Gasteiger partial charge in [0.1, 0.15) is 11.5 Å². The number of hydrogen-bond donors (Lipinski definition) is 1. The predicted molar refractivity (Wildman–Crippen MR) is 76.3 cm³/mol. The number of hydrogen-bond acceptors (Lipinski definition) is 5. The Morgan fingerprint density at radius 1 is 1.10 bits per heavy atom. The summed E-state index contributed by atoms with van der Waals surface area (Å²) in [5, 5.41) is 0. The van der Waals surface area contributed by atoms with E-state index in [1.807, 2.05) is 18.2 Å². The Kier molecular flexibility index (Phi) is 4.86. The highest BCUT2D eigenvalue weighted by Crippen LogP contribution is 2.42. The van der Waals surface area contributed by atoms with Gasteiger partial charge in [0.15, 0.2) is 0 Å². The zero-order valence-electron chi connectivity index (χ0n) is 12.3. The lowest BCUT2D eigenvalue weighted by molar-refractivity contribution is -0.105. The van der Waals surface area contributed by atoms with Gasteiger partial charge in [0.05, 0.1) is 31.4 Å². The van der Waals surface area contributed by atoms with Crippen LogP contribution in [0.15, 0.2) is 18.2 Å². The Labute approximate surface area is 120 Å². The Hall–Kier alpha value is -1.30. The van der Waals surface area contributed by atoms with Gasteiger partial charge in [-0.2, -0.15) is 0 Å². The molecule has 1 heterocycles. The summed E-state index contributed by atoms with van der Waals surface area (Å²) >= 11 is 0. The van der Waals surface area contributed by atoms with Crippen molar-refractivity contribution in [3.8, 4) is 11.5 Å². The molecule has 1 aliphatic heterocycles. The average molecular weight is 281 g/mol. The molecule has 5 nitrogen and oxygen atoms in total. The van der Waals surface area contributed by atoms with Gasteiger partial charge in [-0.15, -0.1) is 0 Å². The summed E-state index contributed by atoms with van der Waals surface area (Å²) in [6, 6.07) is 5.33. The number of benzene rings is 1. The Bertz CT molecular complexity index is 421. The molecule has 1 saturated heterocycles. The number of ether oxygens (including phenoxy) is 4. The molecule has 0 aliphatic carbocycles. The SMILES string of the molecule is COc1cccc(OC)c1C(N)C1(OC)CCOCC1. The van der Waals surface area contributed by atoms with Crippen molar-refractivity contribution < 1.29 is 18.9 Å². The zero-order valence-corrected chi connectivity index (χ0v) is 12.3. The summed E-state index contributed by atoms with van der Waals surface area (Å²) in [7, 11) is 4.97. The first-order valence-corrected chi connectivity index (χ1v) is 6.78. The van der Waals surface area contributed by atoms with Crippen molar-refractivity contribution in [1.82, 2.24) is 0 Å². The second kappa shape index (κ2) is 6.43. The van der Waals surface area contributed by atoms with Gasteiger partial charge in [-0.3, -0.25) is 0 Å². The van der Waals surface area contributed by atoms with Crippen molar-refractivity contribution in [3.05, 3.63) is 23.8 Å². The monoisotopic (exact) mass is 281 g/mol. The molecule has 0 amide bonds. The molecule has 1 aliphatic rings. The molecule has 1 aromatic rings. The molecule has 0 saturated carbocycles. The van der Waals surface area contributed by atoms with Crippen molar-refractivity contribution in [2.45, 2.75) is 24.5 Å².